The van der Waals surface area contributed by atoms with E-state index in [4.69, 9.17) is 18.3 Å². The fourth-order valence-corrected chi connectivity index (χ4v) is 11.3. The smallest absolute Gasteiger partial charge is 0.336 e. The van der Waals surface area contributed by atoms with Crippen LogP contribution in [0.15, 0.2) is 103 Å². The van der Waals surface area contributed by atoms with Crippen LogP contribution >= 0.6 is 0 Å². The standard InChI is InChI=1S/C65H86O6/c1-5-7-9-11-19-25-39-65(40-26-20-12-10-8-6-2)57-47-61(68-41-27-21-15-13-17-23-29-51-31-35-59-53(45-51)33-37-63(66)70-59)49(3)43-55(57)56-44-50(4)62(48-58(56)65)69-42-28-22-16-14-18-24-30-52-32-36-60-54(46-52)34-38-64(67)71-60/h31-38,43-48H,5-30,39-42H2,1-4H3. The first kappa shape index (κ1) is 53.7. The number of rotatable bonds is 34. The summed E-state index contributed by atoms with van der Waals surface area (Å²) in [7, 11) is 0. The van der Waals surface area contributed by atoms with Crippen LogP contribution in [0.3, 0.4) is 0 Å². The molecule has 0 fully saturated rings. The highest BCUT2D eigenvalue weighted by atomic mass is 16.5. The number of hydrogen-bond donors (Lipinski definition) is 0. The highest BCUT2D eigenvalue weighted by molar-refractivity contribution is 5.84. The molecule has 0 N–H and O–H groups in total. The monoisotopic (exact) mass is 963 g/mol. The second kappa shape index (κ2) is 28.2. The van der Waals surface area contributed by atoms with Crippen LogP contribution in [-0.4, -0.2) is 13.2 Å². The van der Waals surface area contributed by atoms with Crippen molar-refractivity contribution >= 4 is 21.9 Å². The van der Waals surface area contributed by atoms with Gasteiger partial charge in [-0.05, 0) is 170 Å². The van der Waals surface area contributed by atoms with Crippen molar-refractivity contribution in [2.45, 2.75) is 213 Å². The summed E-state index contributed by atoms with van der Waals surface area (Å²) in [6.45, 7) is 10.6. The van der Waals surface area contributed by atoms with Gasteiger partial charge in [-0.1, -0.05) is 154 Å². The molecule has 1 aliphatic rings. The highest BCUT2D eigenvalue weighted by Gasteiger charge is 2.43. The van der Waals surface area contributed by atoms with Crippen LogP contribution in [0.2, 0.25) is 0 Å². The molecule has 4 aromatic carbocycles. The Labute approximate surface area is 426 Å². The molecule has 382 valence electrons. The van der Waals surface area contributed by atoms with Gasteiger partial charge in [-0.2, -0.15) is 0 Å². The summed E-state index contributed by atoms with van der Waals surface area (Å²) in [5.74, 6) is 2.14. The minimum Gasteiger partial charge on any atom is -0.493 e. The molecule has 7 rings (SSSR count). The van der Waals surface area contributed by atoms with Crippen molar-refractivity contribution < 1.29 is 18.3 Å². The van der Waals surface area contributed by atoms with Gasteiger partial charge in [-0.3, -0.25) is 0 Å². The van der Waals surface area contributed by atoms with E-state index in [0.29, 0.717) is 11.2 Å². The molecular formula is C65H86O6. The maximum Gasteiger partial charge on any atom is 0.336 e. The van der Waals surface area contributed by atoms with Crippen molar-refractivity contribution in [3.8, 4) is 22.6 Å². The molecule has 0 aliphatic heterocycles. The van der Waals surface area contributed by atoms with Gasteiger partial charge in [0.1, 0.15) is 22.7 Å². The van der Waals surface area contributed by atoms with Gasteiger partial charge in [0.2, 0.25) is 0 Å². The molecule has 6 aromatic rings. The number of ether oxygens (including phenoxy) is 2. The largest absolute Gasteiger partial charge is 0.493 e. The van der Waals surface area contributed by atoms with Crippen LogP contribution in [0.4, 0.5) is 0 Å². The fourth-order valence-electron chi connectivity index (χ4n) is 11.3. The summed E-state index contributed by atoms with van der Waals surface area (Å²) < 4.78 is 24.1. The topological polar surface area (TPSA) is 78.9 Å². The van der Waals surface area contributed by atoms with E-state index in [-0.39, 0.29) is 16.7 Å². The lowest BCUT2D eigenvalue weighted by Gasteiger charge is -2.33. The van der Waals surface area contributed by atoms with Gasteiger partial charge < -0.3 is 18.3 Å². The molecule has 2 heterocycles. The molecule has 0 bridgehead atoms. The average molecular weight is 963 g/mol. The third-order valence-electron chi connectivity index (χ3n) is 15.5. The van der Waals surface area contributed by atoms with Crippen molar-refractivity contribution in [1.82, 2.24) is 0 Å². The predicted molar refractivity (Wildman–Crippen MR) is 297 cm³/mol. The van der Waals surface area contributed by atoms with E-state index in [1.54, 1.807) is 0 Å². The van der Waals surface area contributed by atoms with Gasteiger partial charge in [-0.25, -0.2) is 9.59 Å². The molecule has 0 radical (unpaired) electrons. The Kier molecular flexibility index (Phi) is 21.3. The minimum atomic E-state index is -0.296. The number of fused-ring (bicyclic) bond motifs is 5. The maximum absolute atomic E-state index is 11.6. The normalized spacial score (nSPS) is 12.7. The van der Waals surface area contributed by atoms with Crippen molar-refractivity contribution in [3.63, 3.8) is 0 Å². The van der Waals surface area contributed by atoms with Crippen molar-refractivity contribution in [3.05, 3.63) is 139 Å². The zero-order valence-electron chi connectivity index (χ0n) is 44.2. The predicted octanol–water partition coefficient (Wildman–Crippen LogP) is 18.2. The highest BCUT2D eigenvalue weighted by Crippen LogP contribution is 2.57. The first-order valence-corrected chi connectivity index (χ1v) is 28.4. The molecule has 6 nitrogen and oxygen atoms in total. The van der Waals surface area contributed by atoms with Gasteiger partial charge in [0, 0.05) is 28.3 Å². The molecule has 0 spiro atoms. The Morgan fingerprint density at radius 3 is 1.21 bits per heavy atom. The van der Waals surface area contributed by atoms with Crippen molar-refractivity contribution in [2.24, 2.45) is 0 Å². The molecule has 0 saturated heterocycles. The molecule has 0 amide bonds. The van der Waals surface area contributed by atoms with E-state index >= 15 is 0 Å². The fraction of sp³-hybridized carbons (Fsp3) is 0.538. The molecule has 0 unspecified atom stereocenters. The van der Waals surface area contributed by atoms with E-state index in [0.717, 1.165) is 61.2 Å². The Hall–Kier alpha value is -5.10. The van der Waals surface area contributed by atoms with Crippen LogP contribution in [0.1, 0.15) is 214 Å². The maximum atomic E-state index is 11.6. The van der Waals surface area contributed by atoms with Crippen LogP contribution < -0.4 is 20.7 Å². The van der Waals surface area contributed by atoms with Gasteiger partial charge >= 0.3 is 11.3 Å². The van der Waals surface area contributed by atoms with Gasteiger partial charge in [0.25, 0.3) is 0 Å². The quantitative estimate of drug-likeness (QED) is 0.0296. The third kappa shape index (κ3) is 15.5. The van der Waals surface area contributed by atoms with E-state index in [2.05, 4.69) is 76.2 Å². The SMILES string of the molecule is CCCCCCCCC1(CCCCCCCC)c2cc(OCCCCCCCCc3ccc4oc(=O)ccc4c3)c(C)cc2-c2cc(C)c(OCCCCCCCCc3ccc4oc(=O)ccc4c3)cc21. The zero-order chi connectivity index (χ0) is 49.7. The summed E-state index contributed by atoms with van der Waals surface area (Å²) in [6, 6.07) is 29.0. The third-order valence-corrected chi connectivity index (χ3v) is 15.5. The number of benzene rings is 4. The molecule has 6 heteroatoms. The molecule has 2 aromatic heterocycles. The Morgan fingerprint density at radius 2 is 0.789 bits per heavy atom. The molecule has 0 saturated carbocycles. The van der Waals surface area contributed by atoms with Crippen LogP contribution in [0, 0.1) is 13.8 Å². The van der Waals surface area contributed by atoms with Crippen molar-refractivity contribution in [1.29, 1.82) is 0 Å². The van der Waals surface area contributed by atoms with Gasteiger partial charge in [0.15, 0.2) is 0 Å². The Morgan fingerprint density at radius 1 is 0.408 bits per heavy atom. The summed E-state index contributed by atoms with van der Waals surface area (Å²) in [6.07, 6.45) is 34.3. The lowest BCUT2D eigenvalue weighted by Crippen LogP contribution is -2.26. The van der Waals surface area contributed by atoms with E-state index in [1.807, 2.05) is 24.3 Å². The van der Waals surface area contributed by atoms with Gasteiger partial charge in [0.05, 0.1) is 13.2 Å². The number of unbranched alkanes of at least 4 members (excludes halogenated alkanes) is 20. The molecule has 1 aliphatic carbocycles. The van der Waals surface area contributed by atoms with Crippen molar-refractivity contribution in [2.75, 3.05) is 13.2 Å². The van der Waals surface area contributed by atoms with E-state index in [9.17, 15) is 9.59 Å². The van der Waals surface area contributed by atoms with Crippen LogP contribution in [0.25, 0.3) is 33.1 Å². The Bertz CT molecular complexity index is 2500. The number of hydrogen-bond acceptors (Lipinski definition) is 6. The van der Waals surface area contributed by atoms with E-state index < -0.39 is 0 Å². The first-order valence-electron chi connectivity index (χ1n) is 28.4. The number of aryl methyl sites for hydroxylation is 4. The first-order chi connectivity index (χ1) is 34.8. The molecular weight excluding hydrogens is 877 g/mol. The summed E-state index contributed by atoms with van der Waals surface area (Å²) in [4.78, 5) is 23.1. The second-order valence-corrected chi connectivity index (χ2v) is 21.1. The lowest BCUT2D eigenvalue weighted by molar-refractivity contribution is 0.300. The molecule has 0 atom stereocenters. The van der Waals surface area contributed by atoms with Gasteiger partial charge in [-0.15, -0.1) is 0 Å². The zero-order valence-corrected chi connectivity index (χ0v) is 44.2. The second-order valence-electron chi connectivity index (χ2n) is 21.1. The lowest BCUT2D eigenvalue weighted by atomic mass is 9.70. The summed E-state index contributed by atoms with van der Waals surface area (Å²) >= 11 is 0. The van der Waals surface area contributed by atoms with Crippen LogP contribution in [0.5, 0.6) is 11.5 Å². The Balaban J connectivity index is 0.947. The molecule has 71 heavy (non-hydrogen) atoms. The van der Waals surface area contributed by atoms with Crippen LogP contribution in [-0.2, 0) is 18.3 Å². The summed E-state index contributed by atoms with van der Waals surface area (Å²) in [5.41, 5.74) is 11.6. The minimum absolute atomic E-state index is 0.0386. The van der Waals surface area contributed by atoms with E-state index in [1.165, 1.54) is 211 Å². The summed E-state index contributed by atoms with van der Waals surface area (Å²) in [5, 5.41) is 1.99. The average Bonchev–Trinajstić information content (AvgIpc) is 3.61.